The van der Waals surface area contributed by atoms with Crippen LogP contribution in [0.2, 0.25) is 0 Å². The van der Waals surface area contributed by atoms with E-state index in [4.69, 9.17) is 96.7 Å². The standard InChI is InChI=1S/C108H92N8O12/c1-2-52-118-56-60-122-64-68-126-90-37-21-74(22-38-90)94-44-28-78-12-16-82-32-48-98(114-106(82)102(78)110-94)86-8-6-10-88(72-86)100-50-34-84-18-14-80-30-46-96(112-104(80)108(84)116-100)76-25-41-92(42-26-76)128-70-66-124-62-58-120-54-4-3-53-119-57-61-123-65-69-127-91-39-23-75(24-40-91)95-45-29-79-13-17-83-33-49-99(115-107(83)103(79)111-95)87-9-5-7-85(71-87)97-47-31-81-15-11-77-27-43-93(109-101(77)105(81)113-97)73-19-35-89(36-20-73)125-67-63-121-59-55-117-51-1/h1-50,71-72H,51-70H2/b2-1+,4-3+. The van der Waals surface area contributed by atoms with Crippen molar-refractivity contribution in [1.82, 2.24) is 39.9 Å². The highest BCUT2D eigenvalue weighted by atomic mass is 16.6. The predicted octanol–water partition coefficient (Wildman–Crippen LogP) is 21.9. The molecular weight excluding hydrogens is 1600 g/mol. The van der Waals surface area contributed by atoms with E-state index in [0.29, 0.717) is 132 Å². The summed E-state index contributed by atoms with van der Waals surface area (Å²) in [6.45, 7) is 8.73. The Morgan fingerprint density at radius 3 is 0.508 bits per heavy atom. The minimum atomic E-state index is 0.399. The maximum absolute atomic E-state index is 6.05. The number of ether oxygens (including phenoxy) is 12. The van der Waals surface area contributed by atoms with Gasteiger partial charge in [0, 0.05) is 87.6 Å². The van der Waals surface area contributed by atoms with Crippen LogP contribution in [0.25, 0.3) is 177 Å². The molecule has 7 aliphatic rings. The number of benzene rings is 10. The molecule has 8 aromatic heterocycles. The molecule has 0 spiro atoms. The summed E-state index contributed by atoms with van der Waals surface area (Å²) < 4.78 is 70.5. The van der Waals surface area contributed by atoms with Crippen molar-refractivity contribution >= 4 is 87.2 Å². The van der Waals surface area contributed by atoms with E-state index in [9.17, 15) is 0 Å². The van der Waals surface area contributed by atoms with Crippen LogP contribution in [0.5, 0.6) is 23.0 Å². The van der Waals surface area contributed by atoms with Gasteiger partial charge in [-0.3, -0.25) is 0 Å². The molecule has 20 heteroatoms. The summed E-state index contributed by atoms with van der Waals surface area (Å²) in [5.74, 6) is 2.97. The van der Waals surface area contributed by atoms with Crippen LogP contribution in [0.1, 0.15) is 0 Å². The maximum atomic E-state index is 6.05. The van der Waals surface area contributed by atoms with E-state index in [2.05, 4.69) is 170 Å². The van der Waals surface area contributed by atoms with Crippen molar-refractivity contribution in [3.63, 3.8) is 0 Å². The van der Waals surface area contributed by atoms with Crippen LogP contribution in [0, 0.1) is 0 Å². The van der Waals surface area contributed by atoms with E-state index in [1.807, 2.05) is 146 Å². The molecule has 0 saturated carbocycles. The van der Waals surface area contributed by atoms with Crippen molar-refractivity contribution < 1.29 is 56.8 Å². The lowest BCUT2D eigenvalue weighted by Crippen LogP contribution is -2.11. The lowest BCUT2D eigenvalue weighted by atomic mass is 10.0. The first kappa shape index (κ1) is 83.4. The minimum absolute atomic E-state index is 0.399. The van der Waals surface area contributed by atoms with Crippen molar-refractivity contribution in [3.05, 3.63) is 315 Å². The van der Waals surface area contributed by atoms with Gasteiger partial charge in [0.1, 0.15) is 49.4 Å². The summed E-state index contributed by atoms with van der Waals surface area (Å²) >= 11 is 0. The molecule has 0 aliphatic carbocycles. The Hall–Kier alpha value is -14.2. The number of aromatic nitrogens is 8. The fraction of sp³-hybridized carbons (Fsp3) is 0.185. The smallest absolute Gasteiger partial charge is 0.119 e. The van der Waals surface area contributed by atoms with Gasteiger partial charge in [0.05, 0.1) is 195 Å². The Balaban J connectivity index is 0.470. The zero-order chi connectivity index (χ0) is 85.8. The Morgan fingerprint density at radius 2 is 0.312 bits per heavy atom. The quantitative estimate of drug-likeness (QED) is 0.102. The van der Waals surface area contributed by atoms with Gasteiger partial charge in [-0.25, -0.2) is 39.9 Å². The third-order valence-electron chi connectivity index (χ3n) is 22.3. The molecule has 0 unspecified atom stereocenters. The highest BCUT2D eigenvalue weighted by Gasteiger charge is 2.18. The predicted molar refractivity (Wildman–Crippen MR) is 506 cm³/mol. The van der Waals surface area contributed by atoms with Gasteiger partial charge in [0.25, 0.3) is 0 Å². The van der Waals surface area contributed by atoms with E-state index < -0.39 is 0 Å². The first-order chi connectivity index (χ1) is 63.4. The topological polar surface area (TPSA) is 214 Å². The molecule has 0 N–H and O–H groups in total. The van der Waals surface area contributed by atoms with Crippen LogP contribution < -0.4 is 18.9 Å². The second-order valence-corrected chi connectivity index (χ2v) is 30.8. The molecule has 0 atom stereocenters. The Morgan fingerprint density at radius 1 is 0.148 bits per heavy atom. The van der Waals surface area contributed by atoms with Crippen LogP contribution in [0.15, 0.2) is 315 Å². The zero-order valence-electron chi connectivity index (χ0n) is 70.6. The molecule has 20 nitrogen and oxygen atoms in total. The van der Waals surface area contributed by atoms with Gasteiger partial charge < -0.3 is 56.8 Å². The van der Waals surface area contributed by atoms with Crippen LogP contribution in [-0.2, 0) is 37.9 Å². The van der Waals surface area contributed by atoms with Gasteiger partial charge in [-0.2, -0.15) is 0 Å². The molecule has 128 heavy (non-hydrogen) atoms. The second-order valence-electron chi connectivity index (χ2n) is 30.8. The summed E-state index contributed by atoms with van der Waals surface area (Å²) in [7, 11) is 0. The van der Waals surface area contributed by atoms with Gasteiger partial charge in [-0.1, -0.05) is 158 Å². The minimum Gasteiger partial charge on any atom is -0.491 e. The maximum Gasteiger partial charge on any atom is 0.119 e. The third-order valence-corrected chi connectivity index (χ3v) is 22.3. The Bertz CT molecular complexity index is 6180. The second kappa shape index (κ2) is 40.9. The van der Waals surface area contributed by atoms with Gasteiger partial charge in [0.15, 0.2) is 0 Å². The van der Waals surface area contributed by atoms with Crippen molar-refractivity contribution in [2.24, 2.45) is 0 Å². The van der Waals surface area contributed by atoms with Crippen molar-refractivity contribution in [1.29, 1.82) is 0 Å². The first-order valence-corrected chi connectivity index (χ1v) is 43.3. The lowest BCUT2D eigenvalue weighted by Gasteiger charge is -2.11. The lowest BCUT2D eigenvalue weighted by molar-refractivity contribution is 0.0424. The SMILES string of the molecule is C1=C/COCCOCCOc2ccc(cc2)-c2ccc3ccc4ccc(nc4c3n2)-c2cccc(c2)-c2ccc3ccc4ccc(nc4c3n2)-c2ccc(cc2)OCCOCCOC/C=C/COCCOCCOc2ccc(cc2)-c2ccc3ccc4ccc(nc4c3n2)-c2cccc(c2)-c2ccc3ccc4ccc(nc4c3n2)-c2ccc(cc2)OCCOCCOC/1. The number of rotatable bonds is 0. The summed E-state index contributed by atoms with van der Waals surface area (Å²) in [5.41, 5.74) is 21.0. The highest BCUT2D eigenvalue weighted by Crippen LogP contribution is 2.38. The van der Waals surface area contributed by atoms with Crippen molar-refractivity contribution in [2.75, 3.05) is 132 Å². The van der Waals surface area contributed by atoms with Gasteiger partial charge in [-0.15, -0.1) is 0 Å². The zero-order valence-corrected chi connectivity index (χ0v) is 70.6. The molecule has 0 fully saturated rings. The largest absolute Gasteiger partial charge is 0.491 e. The molecular formula is C108H92N8O12. The van der Waals surface area contributed by atoms with E-state index in [1.165, 1.54) is 0 Å². The van der Waals surface area contributed by atoms with Gasteiger partial charge >= 0.3 is 0 Å². The average Bonchev–Trinajstić information content (AvgIpc) is 0.777. The summed E-state index contributed by atoms with van der Waals surface area (Å²) in [6.07, 6.45) is 7.77. The molecule has 10 aromatic carbocycles. The fourth-order valence-corrected chi connectivity index (χ4v) is 15.6. The number of hydrogen-bond donors (Lipinski definition) is 0. The summed E-state index contributed by atoms with van der Waals surface area (Å²) in [5, 5.41) is 8.02. The van der Waals surface area contributed by atoms with E-state index in [-0.39, 0.29) is 0 Å². The van der Waals surface area contributed by atoms with E-state index >= 15 is 0 Å². The van der Waals surface area contributed by atoms with Crippen molar-refractivity contribution in [2.45, 2.75) is 0 Å². The molecule has 28 bridgehead atoms. The molecule has 636 valence electrons. The molecule has 18 aromatic rings. The van der Waals surface area contributed by atoms with Crippen LogP contribution in [-0.4, -0.2) is 172 Å². The van der Waals surface area contributed by atoms with Crippen LogP contribution >= 0.6 is 0 Å². The highest BCUT2D eigenvalue weighted by molar-refractivity contribution is 6.08. The Kier molecular flexibility index (Phi) is 26.6. The van der Waals surface area contributed by atoms with Gasteiger partial charge in [0.2, 0.25) is 0 Å². The fourth-order valence-electron chi connectivity index (χ4n) is 15.6. The monoisotopic (exact) mass is 1690 g/mol. The number of pyridine rings is 8. The molecule has 15 heterocycles. The number of nitrogens with zero attached hydrogens (tertiary/aromatic N) is 8. The van der Waals surface area contributed by atoms with Crippen LogP contribution in [0.3, 0.4) is 0 Å². The van der Waals surface area contributed by atoms with E-state index in [0.717, 1.165) is 200 Å². The Labute approximate surface area is 740 Å². The summed E-state index contributed by atoms with van der Waals surface area (Å²) in [6, 6.07) is 98.9. The first-order valence-electron chi connectivity index (χ1n) is 43.3. The van der Waals surface area contributed by atoms with Gasteiger partial charge in [-0.05, 0) is 158 Å². The van der Waals surface area contributed by atoms with E-state index in [1.54, 1.807) is 0 Å². The normalized spacial score (nSPS) is 15.3. The molecule has 0 saturated heterocycles. The molecule has 7 aliphatic heterocycles. The van der Waals surface area contributed by atoms with Crippen LogP contribution in [0.4, 0.5) is 0 Å². The summed E-state index contributed by atoms with van der Waals surface area (Å²) in [4.78, 5) is 42.1. The molecule has 0 radical (unpaired) electrons. The van der Waals surface area contributed by atoms with Crippen molar-refractivity contribution in [3.8, 4) is 113 Å². The molecule has 0 amide bonds. The third kappa shape index (κ3) is 20.4. The molecule has 25 rings (SSSR count). The number of hydrogen-bond acceptors (Lipinski definition) is 20. The average molecular weight is 1690 g/mol.